The van der Waals surface area contributed by atoms with Gasteiger partial charge in [0.25, 0.3) is 0 Å². The van der Waals surface area contributed by atoms with Crippen LogP contribution in [-0.4, -0.2) is 34.7 Å². The van der Waals surface area contributed by atoms with E-state index in [0.717, 1.165) is 19.3 Å². The van der Waals surface area contributed by atoms with E-state index >= 15 is 0 Å². The Morgan fingerprint density at radius 1 is 1.47 bits per heavy atom. The molecule has 1 saturated heterocycles. The van der Waals surface area contributed by atoms with Crippen LogP contribution in [0.4, 0.5) is 4.79 Å². The van der Waals surface area contributed by atoms with Gasteiger partial charge in [0.05, 0.1) is 5.54 Å². The van der Waals surface area contributed by atoms with Gasteiger partial charge in [0, 0.05) is 13.1 Å². The molecule has 0 radical (unpaired) electrons. The predicted octanol–water partition coefficient (Wildman–Crippen LogP) is 1.89. The van der Waals surface area contributed by atoms with Crippen LogP contribution in [0.2, 0.25) is 0 Å². The van der Waals surface area contributed by atoms with Gasteiger partial charge in [0.2, 0.25) is 0 Å². The summed E-state index contributed by atoms with van der Waals surface area (Å²) in [4.78, 5) is 12.8. The number of carboxylic acid groups (broad SMARTS) is 1. The highest BCUT2D eigenvalue weighted by Gasteiger charge is 2.48. The fourth-order valence-electron chi connectivity index (χ4n) is 2.61. The molecule has 15 heavy (non-hydrogen) atoms. The number of amides is 1. The number of rotatable bonds is 1. The van der Waals surface area contributed by atoms with Gasteiger partial charge >= 0.3 is 6.09 Å². The maximum absolute atomic E-state index is 11.2. The minimum atomic E-state index is -0.838. The summed E-state index contributed by atoms with van der Waals surface area (Å²) in [6.45, 7) is 7.23. The number of hydrogen-bond acceptors (Lipinski definition) is 2. The van der Waals surface area contributed by atoms with Crippen molar-refractivity contribution in [3.05, 3.63) is 0 Å². The molecule has 0 bridgehead atoms. The Kier molecular flexibility index (Phi) is 3.28. The molecule has 1 aliphatic heterocycles. The number of carbonyl (C=O) groups is 1. The van der Waals surface area contributed by atoms with E-state index in [1.165, 1.54) is 0 Å². The lowest BCUT2D eigenvalue weighted by atomic mass is 9.68. The van der Waals surface area contributed by atoms with Crippen LogP contribution in [0, 0.1) is 5.41 Å². The van der Waals surface area contributed by atoms with Gasteiger partial charge in [-0.15, -0.1) is 0 Å². The molecule has 0 saturated carbocycles. The van der Waals surface area contributed by atoms with Crippen molar-refractivity contribution in [3.8, 4) is 0 Å². The molecular weight excluding hydrogens is 192 g/mol. The van der Waals surface area contributed by atoms with Crippen LogP contribution in [0.15, 0.2) is 0 Å². The maximum atomic E-state index is 11.2. The molecule has 0 unspecified atom stereocenters. The minimum Gasteiger partial charge on any atom is -0.465 e. The monoisotopic (exact) mass is 214 g/mol. The van der Waals surface area contributed by atoms with E-state index in [4.69, 9.17) is 5.73 Å². The second-order valence-electron chi connectivity index (χ2n) is 5.38. The Hall–Kier alpha value is -0.770. The Morgan fingerprint density at radius 3 is 2.40 bits per heavy atom. The smallest absolute Gasteiger partial charge is 0.407 e. The standard InChI is InChI=1S/C11H22N2O2/c1-10(2,3)11(8-12)6-4-5-7-13(11)9(14)15/h4-8,12H2,1-3H3,(H,14,15)/t11-/m0/s1. The zero-order chi connectivity index (χ0) is 11.7. The van der Waals surface area contributed by atoms with Gasteiger partial charge in [-0.3, -0.25) is 0 Å². The van der Waals surface area contributed by atoms with Crippen LogP contribution < -0.4 is 5.73 Å². The molecule has 0 aromatic heterocycles. The summed E-state index contributed by atoms with van der Waals surface area (Å²) < 4.78 is 0. The summed E-state index contributed by atoms with van der Waals surface area (Å²) in [6.07, 6.45) is 2.05. The highest BCUT2D eigenvalue weighted by Crippen LogP contribution is 2.41. The fraction of sp³-hybridized carbons (Fsp3) is 0.909. The molecule has 1 rings (SSSR count). The van der Waals surface area contributed by atoms with Gasteiger partial charge in [0.1, 0.15) is 0 Å². The van der Waals surface area contributed by atoms with E-state index in [2.05, 4.69) is 20.8 Å². The summed E-state index contributed by atoms with van der Waals surface area (Å²) in [5.74, 6) is 0. The van der Waals surface area contributed by atoms with Gasteiger partial charge in [0.15, 0.2) is 0 Å². The SMILES string of the molecule is CC(C)(C)[C@@]1(CN)CCCCN1C(=O)O. The normalized spacial score (nSPS) is 27.9. The molecule has 0 aromatic carbocycles. The van der Waals surface area contributed by atoms with Crippen LogP contribution in [0.1, 0.15) is 40.0 Å². The molecule has 1 atom stereocenters. The van der Waals surface area contributed by atoms with E-state index in [9.17, 15) is 9.90 Å². The number of likely N-dealkylation sites (tertiary alicyclic amines) is 1. The second kappa shape index (κ2) is 4.00. The summed E-state index contributed by atoms with van der Waals surface area (Å²) in [7, 11) is 0. The van der Waals surface area contributed by atoms with Crippen LogP contribution >= 0.6 is 0 Å². The first-order valence-electron chi connectivity index (χ1n) is 5.56. The lowest BCUT2D eigenvalue weighted by Crippen LogP contribution is -2.64. The highest BCUT2D eigenvalue weighted by molar-refractivity contribution is 5.66. The highest BCUT2D eigenvalue weighted by atomic mass is 16.4. The third-order valence-electron chi connectivity index (χ3n) is 3.70. The predicted molar refractivity (Wildman–Crippen MR) is 59.8 cm³/mol. The van der Waals surface area contributed by atoms with Crippen LogP contribution in [0.3, 0.4) is 0 Å². The van der Waals surface area contributed by atoms with E-state index in [0.29, 0.717) is 13.1 Å². The molecule has 1 amide bonds. The van der Waals surface area contributed by atoms with Gasteiger partial charge < -0.3 is 15.7 Å². The fourth-order valence-corrected chi connectivity index (χ4v) is 2.61. The van der Waals surface area contributed by atoms with Gasteiger partial charge in [-0.1, -0.05) is 20.8 Å². The van der Waals surface area contributed by atoms with Crippen LogP contribution in [-0.2, 0) is 0 Å². The Morgan fingerprint density at radius 2 is 2.07 bits per heavy atom. The molecule has 0 spiro atoms. The molecule has 1 aliphatic rings. The van der Waals surface area contributed by atoms with Crippen LogP contribution in [0.25, 0.3) is 0 Å². The van der Waals surface area contributed by atoms with Crippen molar-refractivity contribution in [3.63, 3.8) is 0 Å². The van der Waals surface area contributed by atoms with E-state index in [1.54, 1.807) is 4.90 Å². The van der Waals surface area contributed by atoms with E-state index in [1.807, 2.05) is 0 Å². The van der Waals surface area contributed by atoms with Crippen molar-refractivity contribution in [1.82, 2.24) is 4.90 Å². The largest absolute Gasteiger partial charge is 0.465 e. The van der Waals surface area contributed by atoms with Crippen LogP contribution in [0.5, 0.6) is 0 Å². The Labute approximate surface area is 91.4 Å². The number of piperidine rings is 1. The zero-order valence-corrected chi connectivity index (χ0v) is 9.92. The first-order valence-corrected chi connectivity index (χ1v) is 5.56. The van der Waals surface area contributed by atoms with Gasteiger partial charge in [-0.25, -0.2) is 4.79 Å². The van der Waals surface area contributed by atoms with Crippen molar-refractivity contribution in [1.29, 1.82) is 0 Å². The van der Waals surface area contributed by atoms with Crippen molar-refractivity contribution in [2.24, 2.45) is 11.1 Å². The number of nitrogens with two attached hydrogens (primary N) is 1. The molecule has 3 N–H and O–H groups in total. The van der Waals surface area contributed by atoms with E-state index < -0.39 is 11.6 Å². The molecule has 88 valence electrons. The van der Waals surface area contributed by atoms with E-state index in [-0.39, 0.29) is 5.41 Å². The quantitative estimate of drug-likeness (QED) is 0.700. The molecule has 0 aliphatic carbocycles. The molecule has 0 aromatic rings. The maximum Gasteiger partial charge on any atom is 0.407 e. The average Bonchev–Trinajstić information content (AvgIpc) is 2.15. The Balaban J connectivity index is 3.07. The molecular formula is C11H22N2O2. The molecule has 1 fully saturated rings. The van der Waals surface area contributed by atoms with Gasteiger partial charge in [-0.05, 0) is 24.7 Å². The van der Waals surface area contributed by atoms with Crippen molar-refractivity contribution in [2.75, 3.05) is 13.1 Å². The summed E-state index contributed by atoms with van der Waals surface area (Å²) in [6, 6.07) is 0. The second-order valence-corrected chi connectivity index (χ2v) is 5.38. The Bertz CT molecular complexity index is 247. The van der Waals surface area contributed by atoms with Crippen molar-refractivity contribution in [2.45, 2.75) is 45.6 Å². The number of hydrogen-bond donors (Lipinski definition) is 2. The third kappa shape index (κ3) is 1.95. The first-order chi connectivity index (χ1) is 6.85. The lowest BCUT2D eigenvalue weighted by Gasteiger charge is -2.53. The first kappa shape index (κ1) is 12.3. The number of nitrogens with zero attached hydrogens (tertiary/aromatic N) is 1. The van der Waals surface area contributed by atoms with Crippen molar-refractivity contribution < 1.29 is 9.90 Å². The summed E-state index contributed by atoms with van der Waals surface area (Å²) in [5.41, 5.74) is 5.35. The van der Waals surface area contributed by atoms with Gasteiger partial charge in [-0.2, -0.15) is 0 Å². The van der Waals surface area contributed by atoms with Crippen molar-refractivity contribution >= 4 is 6.09 Å². The molecule has 4 nitrogen and oxygen atoms in total. The molecule has 4 heteroatoms. The average molecular weight is 214 g/mol. The third-order valence-corrected chi connectivity index (χ3v) is 3.70. The molecule has 1 heterocycles. The summed E-state index contributed by atoms with van der Waals surface area (Å²) in [5, 5.41) is 9.24. The minimum absolute atomic E-state index is 0.111. The summed E-state index contributed by atoms with van der Waals surface area (Å²) >= 11 is 0. The topological polar surface area (TPSA) is 66.6 Å². The lowest BCUT2D eigenvalue weighted by molar-refractivity contribution is -0.0183. The zero-order valence-electron chi connectivity index (χ0n) is 9.92.